The van der Waals surface area contributed by atoms with Crippen LogP contribution in [0.3, 0.4) is 0 Å². The van der Waals surface area contributed by atoms with E-state index >= 15 is 0 Å². The normalized spacial score (nSPS) is 10.8. The fraction of sp³-hybridized carbons (Fsp3) is 0.214. The van der Waals surface area contributed by atoms with E-state index in [9.17, 15) is 10.1 Å². The number of nitrogens with zero attached hydrogens (tertiary/aromatic N) is 1. The highest BCUT2D eigenvalue weighted by atomic mass is 16.5. The molecule has 1 N–H and O–H groups in total. The highest BCUT2D eigenvalue weighted by Crippen LogP contribution is 2.30. The number of benzene rings is 3. The molecule has 0 radical (unpaired) electrons. The van der Waals surface area contributed by atoms with E-state index in [1.54, 1.807) is 57.7 Å². The maximum Gasteiger partial charge on any atom is 0.262 e. The molecule has 0 aliphatic heterocycles. The van der Waals surface area contributed by atoms with Gasteiger partial charge in [-0.3, -0.25) is 4.79 Å². The van der Waals surface area contributed by atoms with Crippen LogP contribution >= 0.6 is 0 Å². The number of methoxy groups -OCH3 is 3. The lowest BCUT2D eigenvalue weighted by Crippen LogP contribution is -2.24. The van der Waals surface area contributed by atoms with Crippen LogP contribution in [0.5, 0.6) is 23.0 Å². The third-order valence-corrected chi connectivity index (χ3v) is 5.27. The molecule has 7 heteroatoms. The number of nitriles is 1. The van der Waals surface area contributed by atoms with Crippen LogP contribution in [-0.2, 0) is 17.9 Å². The van der Waals surface area contributed by atoms with Crippen molar-refractivity contribution < 1.29 is 23.7 Å². The zero-order chi connectivity index (χ0) is 25.2. The second-order valence-electron chi connectivity index (χ2n) is 7.72. The van der Waals surface area contributed by atoms with E-state index in [0.29, 0.717) is 35.2 Å². The van der Waals surface area contributed by atoms with Crippen LogP contribution in [0.4, 0.5) is 0 Å². The van der Waals surface area contributed by atoms with Crippen molar-refractivity contribution in [2.24, 2.45) is 0 Å². The first-order valence-corrected chi connectivity index (χ1v) is 10.9. The van der Waals surface area contributed by atoms with Gasteiger partial charge in [0.05, 0.1) is 21.3 Å². The van der Waals surface area contributed by atoms with Gasteiger partial charge in [0.25, 0.3) is 5.91 Å². The first kappa shape index (κ1) is 25.2. The molecule has 0 fully saturated rings. The maximum atomic E-state index is 12.7. The van der Waals surface area contributed by atoms with Crippen LogP contribution in [-0.4, -0.2) is 27.2 Å². The van der Waals surface area contributed by atoms with Crippen molar-refractivity contribution in [3.05, 3.63) is 88.5 Å². The smallest absolute Gasteiger partial charge is 0.262 e. The Balaban J connectivity index is 1.70. The minimum Gasteiger partial charge on any atom is -0.497 e. The molecular weight excluding hydrogens is 444 g/mol. The number of rotatable bonds is 10. The Bertz CT molecular complexity index is 1260. The molecule has 0 unspecified atom stereocenters. The highest BCUT2D eigenvalue weighted by Gasteiger charge is 2.13. The Kier molecular flexibility index (Phi) is 8.74. The summed E-state index contributed by atoms with van der Waals surface area (Å²) in [5, 5.41) is 12.3. The molecule has 1 amide bonds. The van der Waals surface area contributed by atoms with E-state index in [4.69, 9.17) is 18.9 Å². The number of hydrogen-bond acceptors (Lipinski definition) is 6. The number of carbonyl (C=O) groups excluding carboxylic acids is 1. The fourth-order valence-electron chi connectivity index (χ4n) is 3.44. The van der Waals surface area contributed by atoms with Crippen LogP contribution in [0, 0.1) is 18.3 Å². The van der Waals surface area contributed by atoms with Crippen molar-refractivity contribution in [3.8, 4) is 29.1 Å². The summed E-state index contributed by atoms with van der Waals surface area (Å²) in [5.41, 5.74) is 3.57. The van der Waals surface area contributed by atoms with Crippen molar-refractivity contribution in [2.45, 2.75) is 20.1 Å². The van der Waals surface area contributed by atoms with Gasteiger partial charge in [0, 0.05) is 18.2 Å². The van der Waals surface area contributed by atoms with Crippen molar-refractivity contribution in [1.82, 2.24) is 5.32 Å². The van der Waals surface area contributed by atoms with Gasteiger partial charge in [-0.1, -0.05) is 35.9 Å². The summed E-state index contributed by atoms with van der Waals surface area (Å²) in [6.07, 6.45) is 1.51. The SMILES string of the molecule is COc1ccc(CNC(=O)/C(C#N)=C/c2ccc(OCc3cccc(C)c3)c(OC)c2)c(OC)c1. The number of nitrogens with one attached hydrogen (secondary N) is 1. The highest BCUT2D eigenvalue weighted by molar-refractivity contribution is 6.01. The second-order valence-corrected chi connectivity index (χ2v) is 7.72. The van der Waals surface area contributed by atoms with E-state index in [-0.39, 0.29) is 12.1 Å². The molecular formula is C28H28N2O5. The Morgan fingerprint density at radius 2 is 1.74 bits per heavy atom. The van der Waals surface area contributed by atoms with Crippen molar-refractivity contribution in [2.75, 3.05) is 21.3 Å². The molecule has 0 bridgehead atoms. The summed E-state index contributed by atoms with van der Waals surface area (Å²) >= 11 is 0. The van der Waals surface area contributed by atoms with Gasteiger partial charge in [-0.05, 0) is 48.4 Å². The number of carbonyl (C=O) groups is 1. The zero-order valence-electron chi connectivity index (χ0n) is 20.3. The minimum atomic E-state index is -0.496. The quantitative estimate of drug-likeness (QED) is 0.336. The average Bonchev–Trinajstić information content (AvgIpc) is 2.89. The number of ether oxygens (including phenoxy) is 4. The molecule has 0 aliphatic rings. The largest absolute Gasteiger partial charge is 0.497 e. The van der Waals surface area contributed by atoms with Gasteiger partial charge in [-0.2, -0.15) is 5.26 Å². The molecule has 3 aromatic rings. The third-order valence-electron chi connectivity index (χ3n) is 5.27. The standard InChI is InChI=1S/C28H28N2O5/c1-19-6-5-7-21(12-19)18-35-25-11-8-20(14-27(25)34-4)13-23(16-29)28(31)30-17-22-9-10-24(32-2)15-26(22)33-3/h5-15H,17-18H2,1-4H3,(H,30,31)/b23-13+. The fourth-order valence-corrected chi connectivity index (χ4v) is 3.44. The van der Waals surface area contributed by atoms with Gasteiger partial charge < -0.3 is 24.3 Å². The molecule has 0 saturated carbocycles. The first-order chi connectivity index (χ1) is 17.0. The van der Waals surface area contributed by atoms with Crippen LogP contribution in [0.2, 0.25) is 0 Å². The lowest BCUT2D eigenvalue weighted by molar-refractivity contribution is -0.117. The molecule has 0 aromatic heterocycles. The van der Waals surface area contributed by atoms with E-state index in [2.05, 4.69) is 11.4 Å². The van der Waals surface area contributed by atoms with Gasteiger partial charge >= 0.3 is 0 Å². The lowest BCUT2D eigenvalue weighted by Gasteiger charge is -2.12. The second kappa shape index (κ2) is 12.1. The predicted molar refractivity (Wildman–Crippen MR) is 133 cm³/mol. The predicted octanol–water partition coefficient (Wildman–Crippen LogP) is 4.82. The molecule has 0 aliphatic carbocycles. The van der Waals surface area contributed by atoms with Gasteiger partial charge in [-0.15, -0.1) is 0 Å². The monoisotopic (exact) mass is 472 g/mol. The van der Waals surface area contributed by atoms with Gasteiger partial charge in [0.2, 0.25) is 0 Å². The summed E-state index contributed by atoms with van der Waals surface area (Å²) < 4.78 is 21.9. The number of amides is 1. The molecule has 0 atom stereocenters. The molecule has 3 rings (SSSR count). The van der Waals surface area contributed by atoms with E-state index in [0.717, 1.165) is 16.7 Å². The molecule has 0 heterocycles. The van der Waals surface area contributed by atoms with Crippen LogP contribution in [0.1, 0.15) is 22.3 Å². The first-order valence-electron chi connectivity index (χ1n) is 10.9. The van der Waals surface area contributed by atoms with E-state index < -0.39 is 5.91 Å². The molecule has 0 spiro atoms. The summed E-state index contributed by atoms with van der Waals surface area (Å²) in [4.78, 5) is 12.7. The maximum absolute atomic E-state index is 12.7. The average molecular weight is 473 g/mol. The molecule has 7 nitrogen and oxygen atoms in total. The van der Waals surface area contributed by atoms with Crippen molar-refractivity contribution >= 4 is 12.0 Å². The van der Waals surface area contributed by atoms with Crippen molar-refractivity contribution in [3.63, 3.8) is 0 Å². The number of hydrogen-bond donors (Lipinski definition) is 1. The van der Waals surface area contributed by atoms with E-state index in [1.807, 2.05) is 31.2 Å². The molecule has 35 heavy (non-hydrogen) atoms. The van der Waals surface area contributed by atoms with E-state index in [1.165, 1.54) is 6.08 Å². The zero-order valence-corrected chi connectivity index (χ0v) is 20.3. The minimum absolute atomic E-state index is 0.0343. The molecule has 0 saturated heterocycles. The van der Waals surface area contributed by atoms with Gasteiger partial charge in [0.1, 0.15) is 29.7 Å². The Hall–Kier alpha value is -4.44. The summed E-state index contributed by atoms with van der Waals surface area (Å²) in [7, 11) is 4.66. The van der Waals surface area contributed by atoms with Crippen LogP contribution < -0.4 is 24.3 Å². The Labute approximate surface area is 205 Å². The third kappa shape index (κ3) is 6.78. The topological polar surface area (TPSA) is 89.8 Å². The van der Waals surface area contributed by atoms with Crippen LogP contribution in [0.25, 0.3) is 6.08 Å². The number of aryl methyl sites for hydroxylation is 1. The Morgan fingerprint density at radius 1 is 0.943 bits per heavy atom. The molecule has 180 valence electrons. The van der Waals surface area contributed by atoms with Crippen molar-refractivity contribution in [1.29, 1.82) is 5.26 Å². The van der Waals surface area contributed by atoms with Gasteiger partial charge in [0.15, 0.2) is 11.5 Å². The summed E-state index contributed by atoms with van der Waals surface area (Å²) in [6, 6.07) is 20.6. The van der Waals surface area contributed by atoms with Crippen LogP contribution in [0.15, 0.2) is 66.2 Å². The molecule has 3 aromatic carbocycles. The van der Waals surface area contributed by atoms with Gasteiger partial charge in [-0.25, -0.2) is 0 Å². The summed E-state index contributed by atoms with van der Waals surface area (Å²) in [5.74, 6) is 1.81. The Morgan fingerprint density at radius 3 is 2.43 bits per heavy atom. The summed E-state index contributed by atoms with van der Waals surface area (Å²) in [6.45, 7) is 2.62. The lowest BCUT2D eigenvalue weighted by atomic mass is 10.1.